The molecule has 21 heavy (non-hydrogen) atoms. The first-order valence-electron chi connectivity index (χ1n) is 7.28. The molecule has 114 valence electrons. The average Bonchev–Trinajstić information content (AvgIpc) is 2.86. The summed E-state index contributed by atoms with van der Waals surface area (Å²) < 4.78 is 11.6. The van der Waals surface area contributed by atoms with Crippen molar-refractivity contribution in [1.29, 1.82) is 0 Å². The first-order chi connectivity index (χ1) is 10.2. The molecule has 1 heterocycles. The zero-order chi connectivity index (χ0) is 15.1. The molecule has 0 saturated heterocycles. The minimum Gasteiger partial charge on any atom is -0.486 e. The summed E-state index contributed by atoms with van der Waals surface area (Å²) in [7, 11) is 0. The first kappa shape index (κ1) is 16.0. The first-order valence-corrected chi connectivity index (χ1v) is 8.51. The second-order valence-corrected chi connectivity index (χ2v) is 5.84. The lowest BCUT2D eigenvalue weighted by Crippen LogP contribution is -2.13. The fourth-order valence-electron chi connectivity index (χ4n) is 2.04. The van der Waals surface area contributed by atoms with E-state index in [0.29, 0.717) is 6.61 Å². The summed E-state index contributed by atoms with van der Waals surface area (Å²) in [4.78, 5) is 1.24. The molecule has 1 aromatic carbocycles. The number of thioether (sulfide) groups is 1. The molecule has 0 spiro atoms. The molecule has 0 aliphatic heterocycles. The molecule has 4 heteroatoms. The Morgan fingerprint density at radius 3 is 2.67 bits per heavy atom. The largest absolute Gasteiger partial charge is 0.486 e. The van der Waals surface area contributed by atoms with Crippen LogP contribution in [0.15, 0.2) is 39.6 Å². The van der Waals surface area contributed by atoms with E-state index in [4.69, 9.17) is 9.15 Å². The molecule has 0 bridgehead atoms. The molecule has 0 amide bonds. The molecule has 1 N–H and O–H groups in total. The number of aryl methyl sites for hydroxylation is 1. The number of nitrogens with one attached hydrogen (secondary N) is 1. The Bertz CT molecular complexity index is 548. The van der Waals surface area contributed by atoms with Crippen molar-refractivity contribution in [3.05, 3.63) is 47.4 Å². The van der Waals surface area contributed by atoms with E-state index in [9.17, 15) is 0 Å². The van der Waals surface area contributed by atoms with Gasteiger partial charge in [0.05, 0.1) is 6.54 Å². The fourth-order valence-corrected chi connectivity index (χ4v) is 2.45. The Balaban J connectivity index is 1.89. The van der Waals surface area contributed by atoms with E-state index < -0.39 is 0 Å². The highest BCUT2D eigenvalue weighted by molar-refractivity contribution is 7.98. The second kappa shape index (κ2) is 8.15. The molecule has 2 rings (SSSR count). The summed E-state index contributed by atoms with van der Waals surface area (Å²) in [5.41, 5.74) is 1.18. The van der Waals surface area contributed by atoms with Crippen molar-refractivity contribution in [2.45, 2.75) is 38.3 Å². The summed E-state index contributed by atoms with van der Waals surface area (Å²) in [6.07, 6.45) is 3.19. The fraction of sp³-hybridized carbons (Fsp3) is 0.412. The zero-order valence-corrected chi connectivity index (χ0v) is 13.8. The van der Waals surface area contributed by atoms with E-state index in [2.05, 4.69) is 43.6 Å². The third-order valence-corrected chi connectivity index (χ3v) is 3.97. The predicted octanol–water partition coefficient (Wildman–Crippen LogP) is 4.39. The SMILES string of the molecule is CCCNCc1oc(COc2ccc(SC)cc2)cc1C. The van der Waals surface area contributed by atoms with Crippen LogP contribution in [0.2, 0.25) is 0 Å². The van der Waals surface area contributed by atoms with Gasteiger partial charge in [0.15, 0.2) is 0 Å². The van der Waals surface area contributed by atoms with Crippen LogP contribution in [-0.2, 0) is 13.2 Å². The Morgan fingerprint density at radius 2 is 2.00 bits per heavy atom. The van der Waals surface area contributed by atoms with Gasteiger partial charge >= 0.3 is 0 Å². The third-order valence-electron chi connectivity index (χ3n) is 3.22. The van der Waals surface area contributed by atoms with Crippen LogP contribution in [0.5, 0.6) is 5.75 Å². The van der Waals surface area contributed by atoms with Gasteiger partial charge < -0.3 is 14.5 Å². The van der Waals surface area contributed by atoms with Crippen molar-refractivity contribution < 1.29 is 9.15 Å². The third kappa shape index (κ3) is 4.83. The van der Waals surface area contributed by atoms with Crippen LogP contribution in [0.25, 0.3) is 0 Å². The second-order valence-electron chi connectivity index (χ2n) is 4.96. The van der Waals surface area contributed by atoms with Gasteiger partial charge in [-0.05, 0) is 62.0 Å². The summed E-state index contributed by atoms with van der Waals surface area (Å²) in [6, 6.07) is 10.2. The Labute approximate surface area is 131 Å². The lowest BCUT2D eigenvalue weighted by Gasteiger charge is -2.05. The van der Waals surface area contributed by atoms with Crippen LogP contribution in [0.4, 0.5) is 0 Å². The van der Waals surface area contributed by atoms with E-state index >= 15 is 0 Å². The molecule has 0 aliphatic carbocycles. The molecule has 0 aliphatic rings. The van der Waals surface area contributed by atoms with Gasteiger partial charge in [0.1, 0.15) is 23.9 Å². The van der Waals surface area contributed by atoms with E-state index in [0.717, 1.165) is 36.8 Å². The van der Waals surface area contributed by atoms with Crippen LogP contribution in [-0.4, -0.2) is 12.8 Å². The van der Waals surface area contributed by atoms with Gasteiger partial charge in [0.2, 0.25) is 0 Å². The number of benzene rings is 1. The molecule has 0 radical (unpaired) electrons. The average molecular weight is 305 g/mol. The Kier molecular flexibility index (Phi) is 6.21. The van der Waals surface area contributed by atoms with Crippen molar-refractivity contribution in [1.82, 2.24) is 5.32 Å². The van der Waals surface area contributed by atoms with Gasteiger partial charge in [0, 0.05) is 4.90 Å². The predicted molar refractivity (Wildman–Crippen MR) is 88.0 cm³/mol. The van der Waals surface area contributed by atoms with Gasteiger partial charge in [-0.25, -0.2) is 0 Å². The number of hydrogen-bond acceptors (Lipinski definition) is 4. The summed E-state index contributed by atoms with van der Waals surface area (Å²) >= 11 is 1.73. The van der Waals surface area contributed by atoms with Crippen molar-refractivity contribution in [3.63, 3.8) is 0 Å². The molecule has 0 atom stereocenters. The summed E-state index contributed by atoms with van der Waals surface area (Å²) in [5.74, 6) is 2.74. The monoisotopic (exact) mass is 305 g/mol. The van der Waals surface area contributed by atoms with Crippen LogP contribution >= 0.6 is 11.8 Å². The van der Waals surface area contributed by atoms with Crippen LogP contribution < -0.4 is 10.1 Å². The maximum atomic E-state index is 5.84. The minimum atomic E-state index is 0.466. The van der Waals surface area contributed by atoms with Crippen molar-refractivity contribution >= 4 is 11.8 Å². The maximum Gasteiger partial charge on any atom is 0.146 e. The quantitative estimate of drug-likeness (QED) is 0.579. The van der Waals surface area contributed by atoms with E-state index in [1.165, 1.54) is 10.5 Å². The molecule has 0 saturated carbocycles. The summed E-state index contributed by atoms with van der Waals surface area (Å²) in [6.45, 7) is 6.48. The van der Waals surface area contributed by atoms with Gasteiger partial charge in [-0.3, -0.25) is 0 Å². The van der Waals surface area contributed by atoms with E-state index in [-0.39, 0.29) is 0 Å². The normalized spacial score (nSPS) is 10.8. The Hall–Kier alpha value is -1.39. The van der Waals surface area contributed by atoms with Crippen molar-refractivity contribution in [2.75, 3.05) is 12.8 Å². The highest BCUT2D eigenvalue weighted by Gasteiger charge is 2.08. The van der Waals surface area contributed by atoms with E-state index in [1.807, 2.05) is 12.1 Å². The van der Waals surface area contributed by atoms with Gasteiger partial charge in [-0.15, -0.1) is 11.8 Å². The van der Waals surface area contributed by atoms with Crippen LogP contribution in [0.1, 0.15) is 30.4 Å². The molecule has 1 aromatic heterocycles. The van der Waals surface area contributed by atoms with Gasteiger partial charge in [-0.2, -0.15) is 0 Å². The molecule has 0 unspecified atom stereocenters. The minimum absolute atomic E-state index is 0.466. The standard InChI is InChI=1S/C17H23NO2S/c1-4-9-18-11-17-13(2)10-15(20-17)12-19-14-5-7-16(21-3)8-6-14/h5-8,10,18H,4,9,11-12H2,1-3H3. The van der Waals surface area contributed by atoms with E-state index in [1.54, 1.807) is 11.8 Å². The lowest BCUT2D eigenvalue weighted by molar-refractivity contribution is 0.265. The highest BCUT2D eigenvalue weighted by Crippen LogP contribution is 2.21. The highest BCUT2D eigenvalue weighted by atomic mass is 32.2. The van der Waals surface area contributed by atoms with Gasteiger partial charge in [0.25, 0.3) is 0 Å². The number of furan rings is 1. The van der Waals surface area contributed by atoms with Crippen molar-refractivity contribution in [2.24, 2.45) is 0 Å². The molecule has 2 aromatic rings. The number of rotatable bonds is 8. The zero-order valence-electron chi connectivity index (χ0n) is 12.9. The summed E-state index contributed by atoms with van der Waals surface area (Å²) in [5, 5.41) is 3.36. The Morgan fingerprint density at radius 1 is 1.24 bits per heavy atom. The molecule has 0 fully saturated rings. The molecular weight excluding hydrogens is 282 g/mol. The van der Waals surface area contributed by atoms with Crippen molar-refractivity contribution in [3.8, 4) is 5.75 Å². The number of hydrogen-bond donors (Lipinski definition) is 1. The van der Waals surface area contributed by atoms with Crippen LogP contribution in [0.3, 0.4) is 0 Å². The van der Waals surface area contributed by atoms with Gasteiger partial charge in [-0.1, -0.05) is 6.92 Å². The maximum absolute atomic E-state index is 5.84. The van der Waals surface area contributed by atoms with Crippen LogP contribution in [0, 0.1) is 6.92 Å². The molecule has 3 nitrogen and oxygen atoms in total. The molecular formula is C17H23NO2S. The topological polar surface area (TPSA) is 34.4 Å². The smallest absolute Gasteiger partial charge is 0.146 e. The lowest BCUT2D eigenvalue weighted by atomic mass is 10.2. The number of ether oxygens (including phenoxy) is 1.